The van der Waals surface area contributed by atoms with Crippen LogP contribution >= 0.6 is 0 Å². The maximum absolute atomic E-state index is 12.3. The van der Waals surface area contributed by atoms with E-state index in [9.17, 15) is 4.79 Å². The van der Waals surface area contributed by atoms with Gasteiger partial charge in [-0.1, -0.05) is 36.4 Å². The first-order valence-electron chi connectivity index (χ1n) is 7.52. The zero-order valence-electron chi connectivity index (χ0n) is 12.6. The maximum atomic E-state index is 12.3. The van der Waals surface area contributed by atoms with Crippen LogP contribution in [-0.2, 0) is 11.2 Å². The second kappa shape index (κ2) is 4.73. The van der Waals surface area contributed by atoms with Crippen LogP contribution < -0.4 is 5.32 Å². The van der Waals surface area contributed by atoms with Crippen molar-refractivity contribution < 1.29 is 9.21 Å². The SMILES string of the molecule is Cc1c(CC2C(=O)Nc3ccccc32)oc2c(C)cccc12. The molecule has 1 aliphatic heterocycles. The molecule has 0 bridgehead atoms. The third-order valence-electron chi connectivity index (χ3n) is 4.56. The number of benzene rings is 2. The van der Waals surface area contributed by atoms with E-state index in [1.165, 1.54) is 0 Å². The first-order chi connectivity index (χ1) is 10.6. The van der Waals surface area contributed by atoms with Crippen molar-refractivity contribution in [2.24, 2.45) is 0 Å². The Kier molecular flexibility index (Phi) is 2.83. The van der Waals surface area contributed by atoms with Crippen molar-refractivity contribution in [3.63, 3.8) is 0 Å². The van der Waals surface area contributed by atoms with E-state index in [-0.39, 0.29) is 11.8 Å². The van der Waals surface area contributed by atoms with Crippen molar-refractivity contribution in [3.05, 3.63) is 64.9 Å². The summed E-state index contributed by atoms with van der Waals surface area (Å²) >= 11 is 0. The van der Waals surface area contributed by atoms with Crippen molar-refractivity contribution in [1.29, 1.82) is 0 Å². The third kappa shape index (κ3) is 1.86. The number of nitrogens with one attached hydrogen (secondary N) is 1. The number of hydrogen-bond donors (Lipinski definition) is 1. The highest BCUT2D eigenvalue weighted by Gasteiger charge is 2.31. The number of fused-ring (bicyclic) bond motifs is 2. The Morgan fingerprint density at radius 3 is 2.73 bits per heavy atom. The fourth-order valence-corrected chi connectivity index (χ4v) is 3.29. The molecule has 22 heavy (non-hydrogen) atoms. The lowest BCUT2D eigenvalue weighted by molar-refractivity contribution is -0.117. The number of anilines is 1. The number of hydrogen-bond acceptors (Lipinski definition) is 2. The zero-order chi connectivity index (χ0) is 15.3. The molecule has 4 rings (SSSR count). The number of furan rings is 1. The van der Waals surface area contributed by atoms with Crippen LogP contribution in [0, 0.1) is 13.8 Å². The summed E-state index contributed by atoms with van der Waals surface area (Å²) in [6, 6.07) is 14.0. The van der Waals surface area contributed by atoms with Crippen LogP contribution in [0.2, 0.25) is 0 Å². The highest BCUT2D eigenvalue weighted by atomic mass is 16.3. The van der Waals surface area contributed by atoms with Gasteiger partial charge in [-0.2, -0.15) is 0 Å². The van der Waals surface area contributed by atoms with Crippen LogP contribution in [-0.4, -0.2) is 5.91 Å². The number of rotatable bonds is 2. The summed E-state index contributed by atoms with van der Waals surface area (Å²) in [5.41, 5.74) is 5.17. The van der Waals surface area contributed by atoms with Crippen molar-refractivity contribution in [3.8, 4) is 0 Å². The molecule has 3 nitrogen and oxygen atoms in total. The number of aryl methyl sites for hydroxylation is 2. The van der Waals surface area contributed by atoms with Gasteiger partial charge in [-0.05, 0) is 36.6 Å². The van der Waals surface area contributed by atoms with Gasteiger partial charge >= 0.3 is 0 Å². The zero-order valence-corrected chi connectivity index (χ0v) is 12.6. The number of amides is 1. The normalized spacial score (nSPS) is 16.8. The molecule has 1 aliphatic rings. The lowest BCUT2D eigenvalue weighted by Gasteiger charge is -2.07. The summed E-state index contributed by atoms with van der Waals surface area (Å²) in [7, 11) is 0. The summed E-state index contributed by atoms with van der Waals surface area (Å²) in [6.45, 7) is 4.12. The summed E-state index contributed by atoms with van der Waals surface area (Å²) in [5, 5.41) is 4.09. The molecule has 0 fully saturated rings. The minimum absolute atomic E-state index is 0.0535. The van der Waals surface area contributed by atoms with Gasteiger partial charge in [0.2, 0.25) is 5.91 Å². The van der Waals surface area contributed by atoms with Crippen LogP contribution in [0.1, 0.15) is 28.4 Å². The van der Waals surface area contributed by atoms with Crippen LogP contribution in [0.4, 0.5) is 5.69 Å². The van der Waals surface area contributed by atoms with Gasteiger partial charge in [0, 0.05) is 17.5 Å². The van der Waals surface area contributed by atoms with Gasteiger partial charge in [-0.3, -0.25) is 4.79 Å². The van der Waals surface area contributed by atoms with Crippen LogP contribution in [0.5, 0.6) is 0 Å². The first-order valence-corrected chi connectivity index (χ1v) is 7.52. The van der Waals surface area contributed by atoms with Crippen LogP contribution in [0.3, 0.4) is 0 Å². The van der Waals surface area contributed by atoms with Gasteiger partial charge in [0.15, 0.2) is 0 Å². The summed E-state index contributed by atoms with van der Waals surface area (Å²) < 4.78 is 6.07. The standard InChI is InChI=1S/C19H17NO2/c1-11-6-5-8-13-12(2)17(22-18(11)13)10-15-14-7-3-4-9-16(14)20-19(15)21/h3-9,15H,10H2,1-2H3,(H,20,21). The Labute approximate surface area is 128 Å². The smallest absolute Gasteiger partial charge is 0.232 e. The second-order valence-corrected chi connectivity index (χ2v) is 5.94. The average Bonchev–Trinajstić information content (AvgIpc) is 3.00. The minimum atomic E-state index is -0.171. The Bertz CT molecular complexity index is 892. The quantitative estimate of drug-likeness (QED) is 0.763. The van der Waals surface area contributed by atoms with E-state index >= 15 is 0 Å². The van der Waals surface area contributed by atoms with E-state index < -0.39 is 0 Å². The highest BCUT2D eigenvalue weighted by Crippen LogP contribution is 2.37. The second-order valence-electron chi connectivity index (χ2n) is 5.94. The fraction of sp³-hybridized carbons (Fsp3) is 0.211. The Morgan fingerprint density at radius 1 is 1.09 bits per heavy atom. The molecule has 0 saturated carbocycles. The molecule has 3 aromatic rings. The molecular formula is C19H17NO2. The Hall–Kier alpha value is -2.55. The summed E-state index contributed by atoms with van der Waals surface area (Å²) in [6.07, 6.45) is 0.600. The van der Waals surface area contributed by atoms with Gasteiger partial charge < -0.3 is 9.73 Å². The molecule has 0 saturated heterocycles. The molecular weight excluding hydrogens is 274 g/mol. The predicted molar refractivity (Wildman–Crippen MR) is 87.2 cm³/mol. The largest absolute Gasteiger partial charge is 0.460 e. The van der Waals surface area contributed by atoms with Gasteiger partial charge in [0.1, 0.15) is 11.3 Å². The van der Waals surface area contributed by atoms with E-state index in [0.29, 0.717) is 6.42 Å². The molecule has 0 radical (unpaired) electrons. The monoisotopic (exact) mass is 291 g/mol. The summed E-state index contributed by atoms with van der Waals surface area (Å²) in [4.78, 5) is 12.3. The average molecular weight is 291 g/mol. The van der Waals surface area contributed by atoms with Crippen molar-refractivity contribution in [1.82, 2.24) is 0 Å². The predicted octanol–water partition coefficient (Wildman–Crippen LogP) is 4.33. The Morgan fingerprint density at radius 2 is 1.91 bits per heavy atom. The molecule has 2 heterocycles. The van der Waals surface area contributed by atoms with Crippen LogP contribution in [0.25, 0.3) is 11.0 Å². The molecule has 110 valence electrons. The number of carbonyl (C=O) groups is 1. The van der Waals surface area contributed by atoms with Crippen molar-refractivity contribution in [2.75, 3.05) is 5.32 Å². The van der Waals surface area contributed by atoms with Gasteiger partial charge in [0.25, 0.3) is 0 Å². The van der Waals surface area contributed by atoms with Gasteiger partial charge in [0.05, 0.1) is 5.92 Å². The molecule has 1 atom stereocenters. The summed E-state index contributed by atoms with van der Waals surface area (Å²) in [5.74, 6) is 0.787. The number of carbonyl (C=O) groups excluding carboxylic acids is 1. The Balaban J connectivity index is 1.77. The number of para-hydroxylation sites is 2. The minimum Gasteiger partial charge on any atom is -0.460 e. The van der Waals surface area contributed by atoms with Gasteiger partial charge in [-0.25, -0.2) is 0 Å². The lowest BCUT2D eigenvalue weighted by Crippen LogP contribution is -2.14. The van der Waals surface area contributed by atoms with E-state index in [4.69, 9.17) is 4.42 Å². The van der Waals surface area contributed by atoms with Crippen LogP contribution in [0.15, 0.2) is 46.9 Å². The lowest BCUT2D eigenvalue weighted by atomic mass is 9.94. The van der Waals surface area contributed by atoms with E-state index in [0.717, 1.165) is 39.1 Å². The fourth-order valence-electron chi connectivity index (χ4n) is 3.29. The maximum Gasteiger partial charge on any atom is 0.232 e. The molecule has 1 aromatic heterocycles. The first kappa shape index (κ1) is 13.1. The molecule has 1 amide bonds. The molecule has 1 N–H and O–H groups in total. The van der Waals surface area contributed by atoms with E-state index in [1.807, 2.05) is 43.3 Å². The van der Waals surface area contributed by atoms with Crippen molar-refractivity contribution >= 4 is 22.6 Å². The molecule has 3 heteroatoms. The van der Waals surface area contributed by atoms with E-state index in [2.05, 4.69) is 18.3 Å². The van der Waals surface area contributed by atoms with E-state index in [1.54, 1.807) is 0 Å². The topological polar surface area (TPSA) is 42.2 Å². The van der Waals surface area contributed by atoms with Gasteiger partial charge in [-0.15, -0.1) is 0 Å². The highest BCUT2D eigenvalue weighted by molar-refractivity contribution is 6.03. The van der Waals surface area contributed by atoms with Crippen molar-refractivity contribution in [2.45, 2.75) is 26.2 Å². The molecule has 0 spiro atoms. The third-order valence-corrected chi connectivity index (χ3v) is 4.56. The molecule has 2 aromatic carbocycles. The molecule has 1 unspecified atom stereocenters. The molecule has 0 aliphatic carbocycles.